The SMILES string of the molecule is O=C(NCC(O)C1CC1)NC1CCOCC1. The number of hydrogen-bond acceptors (Lipinski definition) is 3. The first-order valence-electron chi connectivity index (χ1n) is 6.06. The largest absolute Gasteiger partial charge is 0.391 e. The Kier molecular flexibility index (Phi) is 4.01. The van der Waals surface area contributed by atoms with Crippen molar-refractivity contribution in [2.45, 2.75) is 37.8 Å². The van der Waals surface area contributed by atoms with E-state index in [0.29, 0.717) is 12.5 Å². The summed E-state index contributed by atoms with van der Waals surface area (Å²) in [6.07, 6.45) is 3.55. The van der Waals surface area contributed by atoms with Crippen molar-refractivity contribution in [2.24, 2.45) is 5.92 Å². The van der Waals surface area contributed by atoms with Crippen molar-refractivity contribution in [2.75, 3.05) is 19.8 Å². The summed E-state index contributed by atoms with van der Waals surface area (Å²) in [5.74, 6) is 0.406. The van der Waals surface area contributed by atoms with Crippen LogP contribution >= 0.6 is 0 Å². The smallest absolute Gasteiger partial charge is 0.315 e. The third-order valence-corrected chi connectivity index (χ3v) is 3.19. The number of carbonyl (C=O) groups excluding carboxylic acids is 1. The Bertz CT molecular complexity index is 237. The van der Waals surface area contributed by atoms with Crippen molar-refractivity contribution in [1.29, 1.82) is 0 Å². The zero-order chi connectivity index (χ0) is 11.4. The number of urea groups is 1. The number of hydrogen-bond donors (Lipinski definition) is 3. The predicted molar refractivity (Wildman–Crippen MR) is 59.1 cm³/mol. The van der Waals surface area contributed by atoms with Crippen LogP contribution in [0, 0.1) is 5.92 Å². The first kappa shape index (κ1) is 11.7. The van der Waals surface area contributed by atoms with Crippen LogP contribution in [0.5, 0.6) is 0 Å². The van der Waals surface area contributed by atoms with E-state index in [2.05, 4.69) is 10.6 Å². The molecule has 0 radical (unpaired) electrons. The van der Waals surface area contributed by atoms with Gasteiger partial charge in [0.1, 0.15) is 0 Å². The highest BCUT2D eigenvalue weighted by Crippen LogP contribution is 2.32. The third kappa shape index (κ3) is 3.64. The van der Waals surface area contributed by atoms with Crippen LogP contribution in [0.2, 0.25) is 0 Å². The van der Waals surface area contributed by atoms with Gasteiger partial charge in [-0.05, 0) is 31.6 Å². The van der Waals surface area contributed by atoms with Crippen molar-refractivity contribution >= 4 is 6.03 Å². The first-order valence-corrected chi connectivity index (χ1v) is 6.06. The van der Waals surface area contributed by atoms with E-state index in [1.165, 1.54) is 0 Å². The molecule has 2 amide bonds. The van der Waals surface area contributed by atoms with Crippen LogP contribution in [0.25, 0.3) is 0 Å². The molecule has 92 valence electrons. The molecule has 16 heavy (non-hydrogen) atoms. The molecular weight excluding hydrogens is 208 g/mol. The van der Waals surface area contributed by atoms with E-state index in [1.807, 2.05) is 0 Å². The molecule has 0 bridgehead atoms. The lowest BCUT2D eigenvalue weighted by Crippen LogP contribution is -2.46. The molecule has 1 aliphatic heterocycles. The summed E-state index contributed by atoms with van der Waals surface area (Å²) in [6, 6.07) is 0.0402. The zero-order valence-electron chi connectivity index (χ0n) is 9.45. The van der Waals surface area contributed by atoms with Crippen molar-refractivity contribution in [3.8, 4) is 0 Å². The fourth-order valence-corrected chi connectivity index (χ4v) is 1.92. The van der Waals surface area contributed by atoms with Crippen molar-refractivity contribution in [1.82, 2.24) is 10.6 Å². The Balaban J connectivity index is 1.59. The minimum atomic E-state index is -0.375. The van der Waals surface area contributed by atoms with Gasteiger partial charge in [-0.2, -0.15) is 0 Å². The summed E-state index contributed by atoms with van der Waals surface area (Å²) in [4.78, 5) is 11.5. The van der Waals surface area contributed by atoms with Crippen LogP contribution in [-0.2, 0) is 4.74 Å². The number of carbonyl (C=O) groups is 1. The lowest BCUT2D eigenvalue weighted by atomic mass is 10.1. The molecule has 0 aromatic rings. The molecule has 1 aliphatic carbocycles. The molecule has 5 heteroatoms. The second-order valence-corrected chi connectivity index (χ2v) is 4.65. The maximum atomic E-state index is 11.5. The Morgan fingerprint density at radius 3 is 2.62 bits per heavy atom. The fraction of sp³-hybridized carbons (Fsp3) is 0.909. The van der Waals surface area contributed by atoms with Crippen LogP contribution in [0.1, 0.15) is 25.7 Å². The summed E-state index contributed by atoms with van der Waals surface area (Å²) in [6.45, 7) is 1.80. The van der Waals surface area contributed by atoms with Gasteiger partial charge in [0.25, 0.3) is 0 Å². The van der Waals surface area contributed by atoms with E-state index >= 15 is 0 Å². The summed E-state index contributed by atoms with van der Waals surface area (Å²) >= 11 is 0. The van der Waals surface area contributed by atoms with Gasteiger partial charge in [0, 0.05) is 25.8 Å². The van der Waals surface area contributed by atoms with Gasteiger partial charge in [-0.1, -0.05) is 0 Å². The van der Waals surface area contributed by atoms with Gasteiger partial charge >= 0.3 is 6.03 Å². The van der Waals surface area contributed by atoms with Crippen LogP contribution in [0.3, 0.4) is 0 Å². The average Bonchev–Trinajstić information content (AvgIpc) is 3.11. The van der Waals surface area contributed by atoms with E-state index < -0.39 is 0 Å². The van der Waals surface area contributed by atoms with Crippen LogP contribution in [-0.4, -0.2) is 43.0 Å². The number of amides is 2. The highest BCUT2D eigenvalue weighted by Gasteiger charge is 2.29. The highest BCUT2D eigenvalue weighted by molar-refractivity contribution is 5.74. The normalized spacial score (nSPS) is 23.8. The summed E-state index contributed by atoms with van der Waals surface area (Å²) in [5, 5.41) is 15.2. The van der Waals surface area contributed by atoms with E-state index in [9.17, 15) is 9.90 Å². The topological polar surface area (TPSA) is 70.6 Å². The molecule has 2 fully saturated rings. The van der Waals surface area contributed by atoms with E-state index in [4.69, 9.17) is 4.74 Å². The summed E-state index contributed by atoms with van der Waals surface area (Å²) in [7, 11) is 0. The monoisotopic (exact) mass is 228 g/mol. The lowest BCUT2D eigenvalue weighted by Gasteiger charge is -2.23. The maximum Gasteiger partial charge on any atom is 0.315 e. The minimum absolute atomic E-state index is 0.174. The van der Waals surface area contributed by atoms with Crippen molar-refractivity contribution in [3.05, 3.63) is 0 Å². The zero-order valence-corrected chi connectivity index (χ0v) is 9.45. The lowest BCUT2D eigenvalue weighted by molar-refractivity contribution is 0.0797. The number of ether oxygens (including phenoxy) is 1. The minimum Gasteiger partial charge on any atom is -0.391 e. The number of aliphatic hydroxyl groups excluding tert-OH is 1. The Morgan fingerprint density at radius 1 is 1.31 bits per heavy atom. The van der Waals surface area contributed by atoms with Crippen LogP contribution in [0.4, 0.5) is 4.79 Å². The molecule has 5 nitrogen and oxygen atoms in total. The van der Waals surface area contributed by atoms with E-state index in [-0.39, 0.29) is 18.2 Å². The molecule has 0 spiro atoms. The second-order valence-electron chi connectivity index (χ2n) is 4.65. The first-order chi connectivity index (χ1) is 7.75. The van der Waals surface area contributed by atoms with Crippen molar-refractivity contribution in [3.63, 3.8) is 0 Å². The van der Waals surface area contributed by atoms with E-state index in [0.717, 1.165) is 38.9 Å². The molecule has 1 saturated heterocycles. The standard InChI is InChI=1S/C11H20N2O3/c14-10(8-1-2-8)7-12-11(15)13-9-3-5-16-6-4-9/h8-10,14H,1-7H2,(H2,12,13,15). The Labute approximate surface area is 95.5 Å². The number of nitrogens with one attached hydrogen (secondary N) is 2. The molecule has 1 saturated carbocycles. The summed E-state index contributed by atoms with van der Waals surface area (Å²) < 4.78 is 5.21. The second kappa shape index (κ2) is 5.50. The van der Waals surface area contributed by atoms with E-state index in [1.54, 1.807) is 0 Å². The van der Waals surface area contributed by atoms with Gasteiger partial charge in [0.05, 0.1) is 6.10 Å². The van der Waals surface area contributed by atoms with Gasteiger partial charge < -0.3 is 20.5 Å². The molecule has 1 atom stereocenters. The quantitative estimate of drug-likeness (QED) is 0.645. The maximum absolute atomic E-state index is 11.5. The van der Waals surface area contributed by atoms with Crippen LogP contribution in [0.15, 0.2) is 0 Å². The number of aliphatic hydroxyl groups is 1. The van der Waals surface area contributed by atoms with Gasteiger partial charge in [-0.25, -0.2) is 4.79 Å². The third-order valence-electron chi connectivity index (χ3n) is 3.19. The molecule has 3 N–H and O–H groups in total. The molecule has 1 heterocycles. The van der Waals surface area contributed by atoms with Crippen molar-refractivity contribution < 1.29 is 14.6 Å². The molecule has 2 aliphatic rings. The van der Waals surface area contributed by atoms with Gasteiger partial charge in [0.2, 0.25) is 0 Å². The molecule has 0 aromatic carbocycles. The van der Waals surface area contributed by atoms with Crippen LogP contribution < -0.4 is 10.6 Å². The number of rotatable bonds is 4. The predicted octanol–water partition coefficient (Wildman–Crippen LogP) is 0.235. The molecule has 1 unspecified atom stereocenters. The molecule has 0 aromatic heterocycles. The highest BCUT2D eigenvalue weighted by atomic mass is 16.5. The fourth-order valence-electron chi connectivity index (χ4n) is 1.92. The molecule has 2 rings (SSSR count). The van der Waals surface area contributed by atoms with Gasteiger partial charge in [-0.3, -0.25) is 0 Å². The summed E-state index contributed by atoms with van der Waals surface area (Å²) in [5.41, 5.74) is 0. The Hall–Kier alpha value is -0.810. The molecular formula is C11H20N2O3. The van der Waals surface area contributed by atoms with Gasteiger partial charge in [-0.15, -0.1) is 0 Å². The van der Waals surface area contributed by atoms with Gasteiger partial charge in [0.15, 0.2) is 0 Å². The average molecular weight is 228 g/mol. The Morgan fingerprint density at radius 2 is 2.00 bits per heavy atom.